The van der Waals surface area contributed by atoms with Crippen molar-refractivity contribution in [3.05, 3.63) is 12.2 Å². The fourth-order valence-corrected chi connectivity index (χ4v) is 0.326. The maximum Gasteiger partial charge on any atom is 0.330 e. The predicted octanol–water partition coefficient (Wildman–Crippen LogP) is 0.301. The van der Waals surface area contributed by atoms with E-state index < -0.39 is 0 Å². The number of carbonyl (C=O) groups excluding carboxylic acids is 1. The largest absolute Gasteiger partial charge is 0.463 e. The van der Waals surface area contributed by atoms with Gasteiger partial charge >= 0.3 is 5.97 Å². The van der Waals surface area contributed by atoms with Crippen LogP contribution in [0.5, 0.6) is 0 Å². The van der Waals surface area contributed by atoms with Gasteiger partial charge in [-0.05, 0) is 13.8 Å². The van der Waals surface area contributed by atoms with E-state index in [1.165, 1.54) is 6.08 Å². The summed E-state index contributed by atoms with van der Waals surface area (Å²) in [6.45, 7) is 4.00. The molecular weight excluding hydrogens is 120 g/mol. The number of ether oxygens (including phenoxy) is 1. The predicted molar refractivity (Wildman–Crippen MR) is 35.1 cm³/mol. The number of rotatable bonds is 2. The second-order valence-corrected chi connectivity index (χ2v) is 1.25. The standard InChI is InChI=1S/C6H10O2.H2O/c1-3-5-6(7)8-4-2;/h3,5H,4H2,1-2H3;1H2. The highest BCUT2D eigenvalue weighted by atomic mass is 16.5. The van der Waals surface area contributed by atoms with Crippen molar-refractivity contribution in [2.45, 2.75) is 13.8 Å². The van der Waals surface area contributed by atoms with Gasteiger partial charge in [0.25, 0.3) is 0 Å². The highest BCUT2D eigenvalue weighted by molar-refractivity contribution is 5.81. The molecule has 54 valence electrons. The summed E-state index contributed by atoms with van der Waals surface area (Å²) in [6, 6.07) is 0. The zero-order valence-corrected chi connectivity index (χ0v) is 5.68. The first-order valence-corrected chi connectivity index (χ1v) is 2.60. The molecule has 0 aromatic carbocycles. The highest BCUT2D eigenvalue weighted by Crippen LogP contribution is 1.78. The number of esters is 1. The van der Waals surface area contributed by atoms with Crippen LogP contribution in [-0.4, -0.2) is 18.1 Å². The van der Waals surface area contributed by atoms with Crippen molar-refractivity contribution in [2.75, 3.05) is 6.61 Å². The van der Waals surface area contributed by atoms with Crippen molar-refractivity contribution in [1.29, 1.82) is 0 Å². The van der Waals surface area contributed by atoms with Crippen LogP contribution < -0.4 is 0 Å². The minimum absolute atomic E-state index is 0. The molecule has 0 heterocycles. The fraction of sp³-hybridized carbons (Fsp3) is 0.500. The smallest absolute Gasteiger partial charge is 0.330 e. The summed E-state index contributed by atoms with van der Waals surface area (Å²) in [5.41, 5.74) is 0. The summed E-state index contributed by atoms with van der Waals surface area (Å²) in [4.78, 5) is 10.3. The van der Waals surface area contributed by atoms with Crippen molar-refractivity contribution in [3.63, 3.8) is 0 Å². The number of carbonyl (C=O) groups is 1. The van der Waals surface area contributed by atoms with E-state index in [9.17, 15) is 4.79 Å². The lowest BCUT2D eigenvalue weighted by Crippen LogP contribution is -1.98. The molecule has 0 radical (unpaired) electrons. The molecule has 0 aliphatic carbocycles. The zero-order valence-electron chi connectivity index (χ0n) is 5.68. The van der Waals surface area contributed by atoms with Crippen LogP contribution in [-0.2, 0) is 9.53 Å². The Morgan fingerprint density at radius 3 is 2.56 bits per heavy atom. The van der Waals surface area contributed by atoms with Gasteiger partial charge in [-0.1, -0.05) is 6.08 Å². The molecule has 9 heavy (non-hydrogen) atoms. The molecule has 0 aliphatic heterocycles. The topological polar surface area (TPSA) is 57.8 Å². The van der Waals surface area contributed by atoms with E-state index in [-0.39, 0.29) is 11.4 Å². The van der Waals surface area contributed by atoms with Crippen LogP contribution in [0.1, 0.15) is 13.8 Å². The first-order valence-electron chi connectivity index (χ1n) is 2.60. The molecule has 0 unspecified atom stereocenters. The second-order valence-electron chi connectivity index (χ2n) is 1.25. The molecule has 0 saturated carbocycles. The minimum atomic E-state index is -0.269. The van der Waals surface area contributed by atoms with Crippen molar-refractivity contribution in [2.24, 2.45) is 0 Å². The molecule has 0 atom stereocenters. The van der Waals surface area contributed by atoms with Gasteiger partial charge in [0.2, 0.25) is 0 Å². The van der Waals surface area contributed by atoms with Crippen molar-refractivity contribution in [1.82, 2.24) is 0 Å². The molecule has 0 bridgehead atoms. The molecule has 0 saturated heterocycles. The van der Waals surface area contributed by atoms with Crippen LogP contribution in [0.15, 0.2) is 12.2 Å². The van der Waals surface area contributed by atoms with Gasteiger partial charge in [-0.3, -0.25) is 0 Å². The van der Waals surface area contributed by atoms with Crippen LogP contribution in [0, 0.1) is 0 Å². The lowest BCUT2D eigenvalue weighted by atomic mass is 10.5. The van der Waals surface area contributed by atoms with Gasteiger partial charge in [-0.2, -0.15) is 0 Å². The molecule has 2 N–H and O–H groups in total. The molecule has 0 aromatic rings. The van der Waals surface area contributed by atoms with Crippen LogP contribution in [0.4, 0.5) is 0 Å². The third-order valence-corrected chi connectivity index (χ3v) is 0.589. The van der Waals surface area contributed by atoms with Crippen molar-refractivity contribution < 1.29 is 15.0 Å². The number of allylic oxidation sites excluding steroid dienone is 1. The third kappa shape index (κ3) is 7.17. The second kappa shape index (κ2) is 7.17. The Kier molecular flexibility index (Phi) is 8.79. The summed E-state index contributed by atoms with van der Waals surface area (Å²) in [6.07, 6.45) is 3.04. The number of hydrogen-bond donors (Lipinski definition) is 0. The van der Waals surface area contributed by atoms with Gasteiger partial charge in [0.15, 0.2) is 0 Å². The number of hydrogen-bond acceptors (Lipinski definition) is 2. The molecule has 0 amide bonds. The van der Waals surface area contributed by atoms with Gasteiger partial charge in [0.05, 0.1) is 6.61 Å². The van der Waals surface area contributed by atoms with Crippen LogP contribution in [0.3, 0.4) is 0 Å². The van der Waals surface area contributed by atoms with Crippen LogP contribution in [0.25, 0.3) is 0 Å². The molecule has 0 aliphatic rings. The first kappa shape index (κ1) is 11.0. The first-order chi connectivity index (χ1) is 3.81. The van der Waals surface area contributed by atoms with E-state index in [1.807, 2.05) is 0 Å². The van der Waals surface area contributed by atoms with Crippen LogP contribution in [0.2, 0.25) is 0 Å². The van der Waals surface area contributed by atoms with E-state index in [2.05, 4.69) is 4.74 Å². The highest BCUT2D eigenvalue weighted by Gasteiger charge is 1.88. The lowest BCUT2D eigenvalue weighted by Gasteiger charge is -1.91. The molecule has 3 nitrogen and oxygen atoms in total. The maximum absolute atomic E-state index is 10.3. The SMILES string of the molecule is CC=CC(=O)OCC.O. The van der Waals surface area contributed by atoms with E-state index >= 15 is 0 Å². The lowest BCUT2D eigenvalue weighted by molar-refractivity contribution is -0.137. The molecule has 0 spiro atoms. The van der Waals surface area contributed by atoms with E-state index in [1.54, 1.807) is 19.9 Å². The fourth-order valence-electron chi connectivity index (χ4n) is 0.326. The summed E-state index contributed by atoms with van der Waals surface area (Å²) in [7, 11) is 0. The van der Waals surface area contributed by atoms with E-state index in [4.69, 9.17) is 0 Å². The van der Waals surface area contributed by atoms with Gasteiger partial charge < -0.3 is 10.2 Å². The maximum atomic E-state index is 10.3. The Balaban J connectivity index is 0. The molecule has 0 fully saturated rings. The molecule has 0 aromatic heterocycles. The summed E-state index contributed by atoms with van der Waals surface area (Å²) < 4.78 is 4.56. The van der Waals surface area contributed by atoms with Crippen molar-refractivity contribution in [3.8, 4) is 0 Å². The molecular formula is C6H12O3. The Morgan fingerprint density at radius 2 is 2.22 bits per heavy atom. The average molecular weight is 132 g/mol. The van der Waals surface area contributed by atoms with E-state index in [0.717, 1.165) is 0 Å². The third-order valence-electron chi connectivity index (χ3n) is 0.589. The summed E-state index contributed by atoms with van der Waals surface area (Å²) >= 11 is 0. The van der Waals surface area contributed by atoms with Gasteiger partial charge in [0.1, 0.15) is 0 Å². The Morgan fingerprint density at radius 1 is 1.67 bits per heavy atom. The Labute approximate surface area is 54.6 Å². The molecule has 0 rings (SSSR count). The average Bonchev–Trinajstić information content (AvgIpc) is 1.68. The normalized spacial score (nSPS) is 8.67. The van der Waals surface area contributed by atoms with E-state index in [0.29, 0.717) is 6.61 Å². The molecule has 3 heteroatoms. The Hall–Kier alpha value is -0.830. The quantitative estimate of drug-likeness (QED) is 0.401. The van der Waals surface area contributed by atoms with Gasteiger partial charge in [-0.25, -0.2) is 4.79 Å². The summed E-state index contributed by atoms with van der Waals surface area (Å²) in [5, 5.41) is 0. The zero-order chi connectivity index (χ0) is 6.41. The summed E-state index contributed by atoms with van der Waals surface area (Å²) in [5.74, 6) is -0.269. The Bertz CT molecular complexity index is 96.5. The minimum Gasteiger partial charge on any atom is -0.463 e. The van der Waals surface area contributed by atoms with Crippen molar-refractivity contribution >= 4 is 5.97 Å². The van der Waals surface area contributed by atoms with Gasteiger partial charge in [-0.15, -0.1) is 0 Å². The van der Waals surface area contributed by atoms with Crippen LogP contribution >= 0.6 is 0 Å². The monoisotopic (exact) mass is 132 g/mol. The van der Waals surface area contributed by atoms with Gasteiger partial charge in [0, 0.05) is 6.08 Å².